The predicted octanol–water partition coefficient (Wildman–Crippen LogP) is 5.09. The summed E-state index contributed by atoms with van der Waals surface area (Å²) in [6, 6.07) is 7.11. The van der Waals surface area contributed by atoms with Crippen molar-refractivity contribution < 1.29 is 27.2 Å². The Labute approximate surface area is 204 Å². The maximum atomic E-state index is 13.3. The van der Waals surface area contributed by atoms with Crippen LogP contribution in [0.2, 0.25) is 0 Å². The number of nitrogens with zero attached hydrogens (tertiary/aromatic N) is 2. The molecule has 0 unspecified atom stereocenters. The van der Waals surface area contributed by atoms with Gasteiger partial charge in [0, 0.05) is 31.4 Å². The van der Waals surface area contributed by atoms with Gasteiger partial charge in [0.15, 0.2) is 5.78 Å². The zero-order valence-corrected chi connectivity index (χ0v) is 19.2. The summed E-state index contributed by atoms with van der Waals surface area (Å²) >= 11 is 0. The van der Waals surface area contributed by atoms with E-state index in [1.54, 1.807) is 25.4 Å². The average Bonchev–Trinajstić information content (AvgIpc) is 3.64. The van der Waals surface area contributed by atoms with Gasteiger partial charge in [-0.15, -0.1) is 0 Å². The number of amides is 1. The Morgan fingerprint density at radius 1 is 1.03 bits per heavy atom. The number of ketones is 1. The second-order valence-electron chi connectivity index (χ2n) is 8.63. The number of hydrogen-bond acceptors (Lipinski definition) is 6. The highest BCUT2D eigenvalue weighted by Gasteiger charge is 2.51. The summed E-state index contributed by atoms with van der Waals surface area (Å²) < 4.78 is 52.9. The Morgan fingerprint density at radius 2 is 1.81 bits per heavy atom. The number of rotatable bonds is 9. The average molecular weight is 501 g/mol. The molecule has 188 valence electrons. The van der Waals surface area contributed by atoms with Crippen molar-refractivity contribution in [1.82, 2.24) is 15.3 Å². The molecule has 2 heterocycles. The fraction of sp³-hybridized carbons (Fsp3) is 0.280. The van der Waals surface area contributed by atoms with Crippen molar-refractivity contribution in [2.24, 2.45) is 5.41 Å². The highest BCUT2D eigenvalue weighted by Crippen LogP contribution is 2.49. The van der Waals surface area contributed by atoms with Gasteiger partial charge in [0.25, 0.3) is 0 Å². The van der Waals surface area contributed by atoms with Crippen LogP contribution < -0.4 is 16.0 Å². The molecular formula is C25H23F4N5O2. The molecule has 11 heteroatoms. The molecule has 0 saturated heterocycles. The summed E-state index contributed by atoms with van der Waals surface area (Å²) in [4.78, 5) is 33.7. The molecule has 1 saturated carbocycles. The number of benzene rings is 1. The van der Waals surface area contributed by atoms with Gasteiger partial charge in [-0.05, 0) is 49.2 Å². The van der Waals surface area contributed by atoms with Gasteiger partial charge < -0.3 is 16.0 Å². The summed E-state index contributed by atoms with van der Waals surface area (Å²) in [5.74, 6) is -1.41. The third-order valence-electron chi connectivity index (χ3n) is 6.00. The van der Waals surface area contributed by atoms with Crippen molar-refractivity contribution in [1.29, 1.82) is 0 Å². The van der Waals surface area contributed by atoms with Crippen molar-refractivity contribution in [2.45, 2.75) is 32.0 Å². The minimum absolute atomic E-state index is 0.0726. The van der Waals surface area contributed by atoms with Crippen LogP contribution in [0.1, 0.15) is 40.9 Å². The van der Waals surface area contributed by atoms with Crippen LogP contribution >= 0.6 is 0 Å². The lowest BCUT2D eigenvalue weighted by Crippen LogP contribution is -2.33. The molecule has 2 aromatic heterocycles. The molecule has 0 bridgehead atoms. The molecule has 1 aliphatic carbocycles. The van der Waals surface area contributed by atoms with Gasteiger partial charge in [0.1, 0.15) is 5.82 Å². The van der Waals surface area contributed by atoms with E-state index >= 15 is 0 Å². The number of hydrogen-bond donors (Lipinski definition) is 3. The fourth-order valence-corrected chi connectivity index (χ4v) is 3.75. The largest absolute Gasteiger partial charge is 0.418 e. The van der Waals surface area contributed by atoms with Gasteiger partial charge in [-0.1, -0.05) is 0 Å². The summed E-state index contributed by atoms with van der Waals surface area (Å²) in [7, 11) is 1.72. The van der Waals surface area contributed by atoms with E-state index in [-0.39, 0.29) is 36.0 Å². The third-order valence-corrected chi connectivity index (χ3v) is 6.00. The monoisotopic (exact) mass is 501 g/mol. The Bertz CT molecular complexity index is 1270. The summed E-state index contributed by atoms with van der Waals surface area (Å²) in [6.45, 7) is 0.0935. The normalized spacial score (nSPS) is 14.1. The van der Waals surface area contributed by atoms with Gasteiger partial charge in [0.2, 0.25) is 5.91 Å². The molecule has 0 radical (unpaired) electrons. The highest BCUT2D eigenvalue weighted by molar-refractivity contribution is 6.01. The van der Waals surface area contributed by atoms with Crippen LogP contribution in [-0.4, -0.2) is 28.7 Å². The maximum absolute atomic E-state index is 13.3. The van der Waals surface area contributed by atoms with Crippen molar-refractivity contribution in [3.05, 3.63) is 77.6 Å². The quantitative estimate of drug-likeness (QED) is 0.279. The Morgan fingerprint density at radius 3 is 2.44 bits per heavy atom. The number of alkyl halides is 3. The predicted molar refractivity (Wildman–Crippen MR) is 125 cm³/mol. The number of pyridine rings is 2. The van der Waals surface area contributed by atoms with Gasteiger partial charge in [-0.25, -0.2) is 4.39 Å². The standard InChI is InChI=1S/C25H23F4N5O2/c1-30-19-8-15(11-31-12-19)22(35)10-24(6-7-24)23(36)33-13-17-3-4-18(14-32-17)34-21-5-2-16(26)9-20(21)25(27,28)29/h2-5,8-9,11-12,14,30,34H,6-7,10,13H2,1H3,(H,33,36). The van der Waals surface area contributed by atoms with E-state index in [9.17, 15) is 27.2 Å². The van der Waals surface area contributed by atoms with Crippen LogP contribution in [-0.2, 0) is 17.5 Å². The number of anilines is 3. The van der Waals surface area contributed by atoms with E-state index in [1.165, 1.54) is 18.5 Å². The minimum atomic E-state index is -4.73. The second-order valence-corrected chi connectivity index (χ2v) is 8.63. The van der Waals surface area contributed by atoms with Gasteiger partial charge in [-0.2, -0.15) is 13.2 Å². The number of carbonyl (C=O) groups is 2. The molecule has 0 spiro atoms. The molecule has 1 aliphatic rings. The van der Waals surface area contributed by atoms with Gasteiger partial charge in [0.05, 0.1) is 46.5 Å². The molecule has 36 heavy (non-hydrogen) atoms. The van der Waals surface area contributed by atoms with Gasteiger partial charge >= 0.3 is 6.18 Å². The summed E-state index contributed by atoms with van der Waals surface area (Å²) in [6.07, 6.45) is 0.929. The minimum Gasteiger partial charge on any atom is -0.387 e. The van der Waals surface area contributed by atoms with Crippen molar-refractivity contribution in [3.63, 3.8) is 0 Å². The lowest BCUT2D eigenvalue weighted by molar-refractivity contribution is -0.137. The molecule has 7 nitrogen and oxygen atoms in total. The molecule has 0 atom stereocenters. The van der Waals surface area contributed by atoms with E-state index < -0.39 is 23.0 Å². The maximum Gasteiger partial charge on any atom is 0.418 e. The SMILES string of the molecule is CNc1cncc(C(=O)CC2(C(=O)NCc3ccc(Nc4ccc(F)cc4C(F)(F)F)cn3)CC2)c1. The van der Waals surface area contributed by atoms with E-state index in [0.29, 0.717) is 35.9 Å². The molecule has 3 N–H and O–H groups in total. The zero-order valence-electron chi connectivity index (χ0n) is 19.2. The number of carbonyl (C=O) groups excluding carboxylic acids is 2. The topological polar surface area (TPSA) is 96.0 Å². The molecule has 1 amide bonds. The molecular weight excluding hydrogens is 478 g/mol. The lowest BCUT2D eigenvalue weighted by Gasteiger charge is -2.16. The summed E-state index contributed by atoms with van der Waals surface area (Å²) in [5.41, 5.74) is -0.307. The highest BCUT2D eigenvalue weighted by atomic mass is 19.4. The van der Waals surface area contributed by atoms with Crippen LogP contribution in [0.5, 0.6) is 0 Å². The van der Waals surface area contributed by atoms with Crippen LogP contribution in [0, 0.1) is 11.2 Å². The first-order valence-electron chi connectivity index (χ1n) is 11.1. The first kappa shape index (κ1) is 25.1. The Kier molecular flexibility index (Phi) is 6.91. The molecule has 1 fully saturated rings. The second kappa shape index (κ2) is 9.92. The number of nitrogens with one attached hydrogen (secondary N) is 3. The third kappa shape index (κ3) is 5.78. The fourth-order valence-electron chi connectivity index (χ4n) is 3.75. The van der Waals surface area contributed by atoms with E-state index in [0.717, 1.165) is 12.1 Å². The Hall–Kier alpha value is -4.02. The van der Waals surface area contributed by atoms with Crippen molar-refractivity contribution in [3.8, 4) is 0 Å². The smallest absolute Gasteiger partial charge is 0.387 e. The first-order chi connectivity index (χ1) is 17.1. The van der Waals surface area contributed by atoms with Crippen LogP contribution in [0.4, 0.5) is 34.6 Å². The van der Waals surface area contributed by atoms with Crippen LogP contribution in [0.3, 0.4) is 0 Å². The van der Waals surface area contributed by atoms with Crippen molar-refractivity contribution >= 4 is 28.8 Å². The molecule has 3 aromatic rings. The van der Waals surface area contributed by atoms with Crippen LogP contribution in [0.15, 0.2) is 55.0 Å². The molecule has 1 aromatic carbocycles. The van der Waals surface area contributed by atoms with E-state index in [4.69, 9.17) is 0 Å². The molecule has 4 rings (SSSR count). The lowest BCUT2D eigenvalue weighted by atomic mass is 9.95. The van der Waals surface area contributed by atoms with E-state index in [2.05, 4.69) is 25.9 Å². The first-order valence-corrected chi connectivity index (χ1v) is 11.1. The van der Waals surface area contributed by atoms with E-state index in [1.807, 2.05) is 0 Å². The zero-order chi connectivity index (χ0) is 25.9. The number of halogens is 4. The Balaban J connectivity index is 1.35. The van der Waals surface area contributed by atoms with Crippen LogP contribution in [0.25, 0.3) is 0 Å². The number of aromatic nitrogens is 2. The summed E-state index contributed by atoms with van der Waals surface area (Å²) in [5, 5.41) is 8.31. The molecule has 0 aliphatic heterocycles. The van der Waals surface area contributed by atoms with Gasteiger partial charge in [-0.3, -0.25) is 19.6 Å². The number of Topliss-reactive ketones (excluding diaryl/α,β-unsaturated/α-hetero) is 1. The van der Waals surface area contributed by atoms with Crippen molar-refractivity contribution in [2.75, 3.05) is 17.7 Å².